The van der Waals surface area contributed by atoms with E-state index in [2.05, 4.69) is 38.6 Å². The summed E-state index contributed by atoms with van der Waals surface area (Å²) in [7, 11) is 1.57. The van der Waals surface area contributed by atoms with Crippen LogP contribution in [0.5, 0.6) is 5.75 Å². The van der Waals surface area contributed by atoms with Crippen LogP contribution >= 0.6 is 0 Å². The number of fused-ring (bicyclic) bond motifs is 1. The molecule has 4 aromatic rings. The lowest BCUT2D eigenvalue weighted by Crippen LogP contribution is -2.34. The fraction of sp³-hybridized carbons (Fsp3) is 0.269. The Hall–Kier alpha value is -3.71. The second-order valence-electron chi connectivity index (χ2n) is 8.33. The van der Waals surface area contributed by atoms with Crippen molar-refractivity contribution in [3.63, 3.8) is 0 Å². The minimum atomic E-state index is -0.339. The maximum absolute atomic E-state index is 12.7. The third-order valence-electron chi connectivity index (χ3n) is 6.16. The molecule has 0 radical (unpaired) electrons. The van der Waals surface area contributed by atoms with Gasteiger partial charge >= 0.3 is 0 Å². The minimum absolute atomic E-state index is 0.202. The molecule has 2 aromatic carbocycles. The molecule has 7 heteroatoms. The van der Waals surface area contributed by atoms with E-state index >= 15 is 0 Å². The van der Waals surface area contributed by atoms with Crippen LogP contribution in [0.1, 0.15) is 40.6 Å². The van der Waals surface area contributed by atoms with E-state index in [0.29, 0.717) is 11.4 Å². The van der Waals surface area contributed by atoms with Crippen LogP contribution in [0.3, 0.4) is 0 Å². The van der Waals surface area contributed by atoms with Gasteiger partial charge in [0.2, 0.25) is 5.76 Å². The number of nitrogens with zero attached hydrogens (tertiary/aromatic N) is 3. The number of carbonyl (C=O) groups is 1. The highest BCUT2D eigenvalue weighted by Crippen LogP contribution is 2.29. The second-order valence-corrected chi connectivity index (χ2v) is 8.33. The van der Waals surface area contributed by atoms with E-state index in [1.807, 2.05) is 30.5 Å². The van der Waals surface area contributed by atoms with Gasteiger partial charge in [-0.05, 0) is 49.2 Å². The van der Waals surface area contributed by atoms with Crippen molar-refractivity contribution in [1.29, 1.82) is 0 Å². The van der Waals surface area contributed by atoms with Gasteiger partial charge in [-0.15, -0.1) is 0 Å². The topological polar surface area (TPSA) is 80.5 Å². The van der Waals surface area contributed by atoms with Crippen molar-refractivity contribution in [1.82, 2.24) is 15.0 Å². The molecule has 1 aliphatic rings. The molecule has 1 saturated heterocycles. The molecule has 7 nitrogen and oxygen atoms in total. The van der Waals surface area contributed by atoms with Crippen LogP contribution in [-0.4, -0.2) is 41.1 Å². The fourth-order valence-electron chi connectivity index (χ4n) is 4.49. The molecule has 2 aromatic heterocycles. The molecule has 1 N–H and O–H groups in total. The summed E-state index contributed by atoms with van der Waals surface area (Å²) < 4.78 is 10.7. The monoisotopic (exact) mass is 442 g/mol. The molecular formula is C26H26N4O3. The summed E-state index contributed by atoms with van der Waals surface area (Å²) in [6, 6.07) is 19.4. The third-order valence-corrected chi connectivity index (χ3v) is 6.16. The van der Waals surface area contributed by atoms with Gasteiger partial charge in [0.25, 0.3) is 5.91 Å². The summed E-state index contributed by atoms with van der Waals surface area (Å²) in [6.45, 7) is 2.77. The first kappa shape index (κ1) is 21.2. The minimum Gasteiger partial charge on any atom is -0.495 e. The first-order valence-corrected chi connectivity index (χ1v) is 11.2. The Labute approximate surface area is 192 Å². The zero-order chi connectivity index (χ0) is 22.6. The number of benzene rings is 2. The highest BCUT2D eigenvalue weighted by molar-refractivity contribution is 6.03. The van der Waals surface area contributed by atoms with Crippen molar-refractivity contribution in [2.75, 3.05) is 25.5 Å². The number of aromatic nitrogens is 2. The van der Waals surface area contributed by atoms with Gasteiger partial charge in [0.1, 0.15) is 5.75 Å². The van der Waals surface area contributed by atoms with Crippen molar-refractivity contribution in [3.05, 3.63) is 83.9 Å². The van der Waals surface area contributed by atoms with Gasteiger partial charge in [-0.1, -0.05) is 35.5 Å². The van der Waals surface area contributed by atoms with Gasteiger partial charge in [0.15, 0.2) is 0 Å². The SMILES string of the molecule is COc1ccccc1NC(=O)c1cc(C2CCCN(Cc3ccnc4ccccc34)C2)no1. The Bertz CT molecular complexity index is 1260. The molecule has 0 aliphatic carbocycles. The normalized spacial score (nSPS) is 16.6. The molecule has 1 unspecified atom stereocenters. The molecule has 3 heterocycles. The van der Waals surface area contributed by atoms with Crippen LogP contribution < -0.4 is 10.1 Å². The summed E-state index contributed by atoms with van der Waals surface area (Å²) in [5, 5.41) is 8.26. The van der Waals surface area contributed by atoms with Crippen LogP contribution in [0.15, 0.2) is 71.4 Å². The number of anilines is 1. The summed E-state index contributed by atoms with van der Waals surface area (Å²) in [6.07, 6.45) is 3.97. The third kappa shape index (κ3) is 4.59. The number of piperidine rings is 1. The Morgan fingerprint density at radius 1 is 1.18 bits per heavy atom. The van der Waals surface area contributed by atoms with Gasteiger partial charge in [-0.2, -0.15) is 0 Å². The lowest BCUT2D eigenvalue weighted by molar-refractivity contribution is 0.0987. The highest BCUT2D eigenvalue weighted by Gasteiger charge is 2.26. The summed E-state index contributed by atoms with van der Waals surface area (Å²) in [4.78, 5) is 19.6. The first-order valence-electron chi connectivity index (χ1n) is 11.2. The molecule has 1 aliphatic heterocycles. The summed E-state index contributed by atoms with van der Waals surface area (Å²) >= 11 is 0. The largest absolute Gasteiger partial charge is 0.495 e. The van der Waals surface area contributed by atoms with Crippen LogP contribution in [0.4, 0.5) is 5.69 Å². The Morgan fingerprint density at radius 3 is 2.94 bits per heavy atom. The standard InChI is InChI=1S/C26H26N4O3/c1-32-24-11-5-4-10-22(24)28-26(31)25-15-23(29-33-25)19-7-6-14-30(17-19)16-18-12-13-27-21-9-3-2-8-20(18)21/h2-5,8-13,15,19H,6-7,14,16-17H2,1H3,(H,28,31). The Balaban J connectivity index is 1.27. The van der Waals surface area contributed by atoms with Gasteiger partial charge in [0, 0.05) is 36.7 Å². The van der Waals surface area contributed by atoms with Crippen LogP contribution in [-0.2, 0) is 6.54 Å². The van der Waals surface area contributed by atoms with Crippen LogP contribution in [0.2, 0.25) is 0 Å². The molecule has 1 atom stereocenters. The number of nitrogens with one attached hydrogen (secondary N) is 1. The van der Waals surface area contributed by atoms with E-state index in [4.69, 9.17) is 9.26 Å². The molecule has 1 fully saturated rings. The van der Waals surface area contributed by atoms with Crippen molar-refractivity contribution >= 4 is 22.5 Å². The molecule has 0 bridgehead atoms. The molecule has 0 saturated carbocycles. The predicted octanol–water partition coefficient (Wildman–Crippen LogP) is 4.86. The molecule has 168 valence electrons. The number of methoxy groups -OCH3 is 1. The molecule has 5 rings (SSSR count). The van der Waals surface area contributed by atoms with Gasteiger partial charge < -0.3 is 14.6 Å². The maximum Gasteiger partial charge on any atom is 0.294 e. The van der Waals surface area contributed by atoms with E-state index < -0.39 is 0 Å². The zero-order valence-corrected chi connectivity index (χ0v) is 18.5. The van der Waals surface area contributed by atoms with E-state index in [1.165, 1.54) is 10.9 Å². The number of amides is 1. The first-order chi connectivity index (χ1) is 16.2. The summed E-state index contributed by atoms with van der Waals surface area (Å²) in [5.74, 6) is 0.683. The lowest BCUT2D eigenvalue weighted by atomic mass is 9.94. The van der Waals surface area contributed by atoms with E-state index in [9.17, 15) is 4.79 Å². The number of ether oxygens (including phenoxy) is 1. The highest BCUT2D eigenvalue weighted by atomic mass is 16.5. The average molecular weight is 443 g/mol. The number of pyridine rings is 1. The number of rotatable bonds is 6. The number of likely N-dealkylation sites (tertiary alicyclic amines) is 1. The van der Waals surface area contributed by atoms with E-state index in [0.717, 1.165) is 43.7 Å². The number of hydrogen-bond donors (Lipinski definition) is 1. The summed E-state index contributed by atoms with van der Waals surface area (Å²) in [5.41, 5.74) is 3.71. The molecule has 33 heavy (non-hydrogen) atoms. The van der Waals surface area contributed by atoms with Gasteiger partial charge in [0.05, 0.1) is 24.0 Å². The van der Waals surface area contributed by atoms with E-state index in [-0.39, 0.29) is 17.6 Å². The van der Waals surface area contributed by atoms with Gasteiger partial charge in [-0.3, -0.25) is 14.7 Å². The lowest BCUT2D eigenvalue weighted by Gasteiger charge is -2.32. The Kier molecular flexibility index (Phi) is 6.04. The number of para-hydroxylation sites is 3. The average Bonchev–Trinajstić information content (AvgIpc) is 3.36. The second kappa shape index (κ2) is 9.42. The molecule has 1 amide bonds. The van der Waals surface area contributed by atoms with Crippen molar-refractivity contribution in [3.8, 4) is 5.75 Å². The van der Waals surface area contributed by atoms with Crippen LogP contribution in [0.25, 0.3) is 10.9 Å². The molecular weight excluding hydrogens is 416 g/mol. The van der Waals surface area contributed by atoms with Gasteiger partial charge in [-0.25, -0.2) is 0 Å². The quantitative estimate of drug-likeness (QED) is 0.459. The Morgan fingerprint density at radius 2 is 2.03 bits per heavy atom. The fourth-order valence-corrected chi connectivity index (χ4v) is 4.49. The predicted molar refractivity (Wildman–Crippen MR) is 126 cm³/mol. The molecule has 0 spiro atoms. The zero-order valence-electron chi connectivity index (χ0n) is 18.5. The number of hydrogen-bond acceptors (Lipinski definition) is 6. The maximum atomic E-state index is 12.7. The van der Waals surface area contributed by atoms with E-state index in [1.54, 1.807) is 25.3 Å². The van der Waals surface area contributed by atoms with Crippen molar-refractivity contribution in [2.45, 2.75) is 25.3 Å². The van der Waals surface area contributed by atoms with Crippen molar-refractivity contribution < 1.29 is 14.1 Å². The van der Waals surface area contributed by atoms with Crippen LogP contribution in [0, 0.1) is 0 Å². The van der Waals surface area contributed by atoms with Crippen molar-refractivity contribution in [2.24, 2.45) is 0 Å². The smallest absolute Gasteiger partial charge is 0.294 e. The number of carbonyl (C=O) groups excluding carboxylic acids is 1.